The van der Waals surface area contributed by atoms with Gasteiger partial charge in [-0.25, -0.2) is 4.79 Å². The van der Waals surface area contributed by atoms with Crippen molar-refractivity contribution in [3.8, 4) is 11.5 Å². The molecule has 0 aromatic carbocycles. The maximum atomic E-state index is 12.4. The summed E-state index contributed by atoms with van der Waals surface area (Å²) >= 11 is 0. The quantitative estimate of drug-likeness (QED) is 0.546. The van der Waals surface area contributed by atoms with Crippen molar-refractivity contribution >= 4 is 11.1 Å². The van der Waals surface area contributed by atoms with Crippen molar-refractivity contribution in [1.82, 2.24) is 14.5 Å². The van der Waals surface area contributed by atoms with Crippen LogP contribution in [0.1, 0.15) is 50.8 Å². The Morgan fingerprint density at radius 3 is 2.83 bits per heavy atom. The van der Waals surface area contributed by atoms with E-state index in [4.69, 9.17) is 9.15 Å². The van der Waals surface area contributed by atoms with Gasteiger partial charge in [-0.2, -0.15) is 4.98 Å². The number of hydrogen-bond acceptors (Lipinski definition) is 7. The molecule has 4 heterocycles. The second-order valence-electron chi connectivity index (χ2n) is 7.78. The molecule has 1 saturated heterocycles. The average molecular weight is 413 g/mol. The second-order valence-corrected chi connectivity index (χ2v) is 7.78. The highest BCUT2D eigenvalue weighted by Crippen LogP contribution is 2.29. The fourth-order valence-corrected chi connectivity index (χ4v) is 3.78. The van der Waals surface area contributed by atoms with Crippen LogP contribution in [0.25, 0.3) is 22.6 Å². The highest BCUT2D eigenvalue weighted by Gasteiger charge is 2.35. The zero-order chi connectivity index (χ0) is 21.1. The van der Waals surface area contributed by atoms with E-state index in [1.54, 1.807) is 12.3 Å². The molecule has 1 fully saturated rings. The largest absolute Gasteiger partial charge is 0.436 e. The molecule has 0 bridgehead atoms. The van der Waals surface area contributed by atoms with Crippen molar-refractivity contribution < 1.29 is 19.4 Å². The molecule has 8 heteroatoms. The van der Waals surface area contributed by atoms with Crippen LogP contribution < -0.4 is 5.69 Å². The Hall–Kier alpha value is -2.55. The molecule has 0 spiro atoms. The lowest BCUT2D eigenvalue weighted by atomic mass is 10.1. The van der Waals surface area contributed by atoms with Crippen LogP contribution in [0, 0.1) is 0 Å². The van der Waals surface area contributed by atoms with Crippen molar-refractivity contribution in [2.75, 3.05) is 6.61 Å². The molecule has 0 unspecified atom stereocenters. The number of furan rings is 1. The summed E-state index contributed by atoms with van der Waals surface area (Å²) in [6.45, 7) is 1.89. The maximum Gasteiger partial charge on any atom is 0.353 e. The first-order valence-electron chi connectivity index (χ1n) is 10.5. The Labute approximate surface area is 174 Å². The van der Waals surface area contributed by atoms with Crippen LogP contribution in [0.3, 0.4) is 0 Å². The van der Waals surface area contributed by atoms with Crippen molar-refractivity contribution in [2.24, 2.45) is 0 Å². The van der Waals surface area contributed by atoms with Crippen LogP contribution in [-0.2, 0) is 11.2 Å². The Kier molecular flexibility index (Phi) is 6.26. The summed E-state index contributed by atoms with van der Waals surface area (Å²) in [7, 11) is 0. The normalized spacial score (nSPS) is 21.5. The Balaban J connectivity index is 1.53. The molecule has 3 atom stereocenters. The lowest BCUT2D eigenvalue weighted by molar-refractivity contribution is -0.0457. The summed E-state index contributed by atoms with van der Waals surface area (Å²) in [6.07, 6.45) is 7.35. The standard InChI is InChI=1S/C22H27N3O5/c1-2-3-4-5-6-14-7-8-16(23-11-14)18-9-15-12-25(22(28)24-21(15)30-18)20-10-17(27)19(13-26)29-20/h7-9,11-12,17,19-20,26-27H,2-6,10,13H2,1H3/t17-,19+,20+/m0/s1. The lowest BCUT2D eigenvalue weighted by Crippen LogP contribution is -2.27. The van der Waals surface area contributed by atoms with E-state index in [1.807, 2.05) is 12.3 Å². The van der Waals surface area contributed by atoms with Gasteiger partial charge in [0.25, 0.3) is 0 Å². The lowest BCUT2D eigenvalue weighted by Gasteiger charge is -2.13. The van der Waals surface area contributed by atoms with Crippen LogP contribution in [0.5, 0.6) is 0 Å². The monoisotopic (exact) mass is 413 g/mol. The molecule has 1 aliphatic rings. The molecule has 0 amide bonds. The van der Waals surface area contributed by atoms with Crippen molar-refractivity contribution in [2.45, 2.75) is 63.9 Å². The maximum absolute atomic E-state index is 12.4. The first-order valence-corrected chi connectivity index (χ1v) is 10.5. The fourth-order valence-electron chi connectivity index (χ4n) is 3.78. The second kappa shape index (κ2) is 9.07. The average Bonchev–Trinajstić information content (AvgIpc) is 3.33. The molecule has 1 aliphatic heterocycles. The van der Waals surface area contributed by atoms with Crippen LogP contribution in [0.4, 0.5) is 0 Å². The number of aliphatic hydroxyl groups is 2. The zero-order valence-corrected chi connectivity index (χ0v) is 17.0. The van der Waals surface area contributed by atoms with E-state index >= 15 is 0 Å². The van der Waals surface area contributed by atoms with E-state index in [0.717, 1.165) is 12.8 Å². The van der Waals surface area contributed by atoms with Gasteiger partial charge in [0.1, 0.15) is 18.0 Å². The summed E-state index contributed by atoms with van der Waals surface area (Å²) < 4.78 is 12.6. The van der Waals surface area contributed by atoms with Gasteiger partial charge in [0.15, 0.2) is 5.76 Å². The highest BCUT2D eigenvalue weighted by molar-refractivity contribution is 5.78. The number of hydrogen-bond donors (Lipinski definition) is 2. The molecule has 0 aliphatic carbocycles. The highest BCUT2D eigenvalue weighted by atomic mass is 16.5. The van der Waals surface area contributed by atoms with E-state index in [0.29, 0.717) is 16.8 Å². The molecule has 4 rings (SSSR count). The number of aliphatic hydroxyl groups excluding tert-OH is 2. The molecular weight excluding hydrogens is 386 g/mol. The molecule has 8 nitrogen and oxygen atoms in total. The summed E-state index contributed by atoms with van der Waals surface area (Å²) in [6, 6.07) is 5.76. The minimum atomic E-state index is -0.827. The molecule has 0 radical (unpaired) electrons. The summed E-state index contributed by atoms with van der Waals surface area (Å²) in [5.41, 5.74) is 1.57. The van der Waals surface area contributed by atoms with E-state index < -0.39 is 24.1 Å². The van der Waals surface area contributed by atoms with Crippen LogP contribution >= 0.6 is 0 Å². The molecule has 160 valence electrons. The third-order valence-corrected chi connectivity index (χ3v) is 5.53. The minimum Gasteiger partial charge on any atom is -0.436 e. The van der Waals surface area contributed by atoms with Gasteiger partial charge < -0.3 is 19.4 Å². The van der Waals surface area contributed by atoms with Crippen molar-refractivity contribution in [1.29, 1.82) is 0 Å². The van der Waals surface area contributed by atoms with Gasteiger partial charge in [-0.3, -0.25) is 9.55 Å². The summed E-state index contributed by atoms with van der Waals surface area (Å²) in [5.74, 6) is 0.535. The number of aryl methyl sites for hydroxylation is 1. The summed E-state index contributed by atoms with van der Waals surface area (Å²) in [4.78, 5) is 20.9. The van der Waals surface area contributed by atoms with Crippen LogP contribution in [0.15, 0.2) is 39.8 Å². The van der Waals surface area contributed by atoms with Gasteiger partial charge in [0.2, 0.25) is 5.71 Å². The predicted molar refractivity (Wildman–Crippen MR) is 111 cm³/mol. The van der Waals surface area contributed by atoms with Gasteiger partial charge in [0, 0.05) is 18.8 Å². The number of unbranched alkanes of at least 4 members (excludes halogenated alkanes) is 3. The SMILES string of the molecule is CCCCCCc1ccc(-c2cc3cn([C@H]4C[C@H](O)[C@@H](CO)O4)c(=O)nc3o2)nc1. The van der Waals surface area contributed by atoms with Gasteiger partial charge in [-0.05, 0) is 30.5 Å². The molecule has 3 aromatic heterocycles. The van der Waals surface area contributed by atoms with Crippen LogP contribution in [-0.4, -0.2) is 43.6 Å². The van der Waals surface area contributed by atoms with E-state index in [2.05, 4.69) is 23.0 Å². The number of aromatic nitrogens is 3. The van der Waals surface area contributed by atoms with Crippen molar-refractivity contribution in [3.63, 3.8) is 0 Å². The number of ether oxygens (including phenoxy) is 1. The number of fused-ring (bicyclic) bond motifs is 1. The van der Waals surface area contributed by atoms with Gasteiger partial charge >= 0.3 is 5.69 Å². The predicted octanol–water partition coefficient (Wildman–Crippen LogP) is 2.82. The Morgan fingerprint density at radius 1 is 1.27 bits per heavy atom. The molecule has 0 saturated carbocycles. The first-order chi connectivity index (χ1) is 14.6. The number of pyridine rings is 1. The van der Waals surface area contributed by atoms with Gasteiger partial charge in [-0.15, -0.1) is 0 Å². The van der Waals surface area contributed by atoms with E-state index in [-0.39, 0.29) is 18.7 Å². The zero-order valence-electron chi connectivity index (χ0n) is 17.0. The third-order valence-electron chi connectivity index (χ3n) is 5.53. The van der Waals surface area contributed by atoms with E-state index in [1.165, 1.54) is 29.4 Å². The first kappa shape index (κ1) is 20.7. The smallest absolute Gasteiger partial charge is 0.353 e. The minimum absolute atomic E-state index is 0.213. The molecule has 3 aromatic rings. The molecule has 2 N–H and O–H groups in total. The number of nitrogens with zero attached hydrogens (tertiary/aromatic N) is 3. The third kappa shape index (κ3) is 4.30. The summed E-state index contributed by atoms with van der Waals surface area (Å²) in [5, 5.41) is 19.8. The molecule has 30 heavy (non-hydrogen) atoms. The van der Waals surface area contributed by atoms with E-state index in [9.17, 15) is 15.0 Å². The number of rotatable bonds is 8. The fraction of sp³-hybridized carbons (Fsp3) is 0.500. The topological polar surface area (TPSA) is 111 Å². The van der Waals surface area contributed by atoms with Gasteiger partial charge in [0.05, 0.1) is 18.1 Å². The Morgan fingerprint density at radius 2 is 2.13 bits per heavy atom. The van der Waals surface area contributed by atoms with Crippen molar-refractivity contribution in [3.05, 3.63) is 46.6 Å². The van der Waals surface area contributed by atoms with Gasteiger partial charge in [-0.1, -0.05) is 32.3 Å². The molecular formula is C22H27N3O5. The Bertz CT molecular complexity index is 1040. The van der Waals surface area contributed by atoms with Crippen LogP contribution in [0.2, 0.25) is 0 Å².